The molecule has 0 spiro atoms. The van der Waals surface area contributed by atoms with Gasteiger partial charge in [-0.25, -0.2) is 14.6 Å². The number of hydrogen-bond acceptors (Lipinski definition) is 4. The van der Waals surface area contributed by atoms with Gasteiger partial charge >= 0.3 is 0 Å². The summed E-state index contributed by atoms with van der Waals surface area (Å²) in [6.07, 6.45) is 2.63. The van der Waals surface area contributed by atoms with Crippen molar-refractivity contribution in [1.29, 1.82) is 0 Å². The lowest BCUT2D eigenvalue weighted by atomic mass is 10.3. The normalized spacial score (nSPS) is 12.9. The molecule has 3 rings (SSSR count). The van der Waals surface area contributed by atoms with Crippen molar-refractivity contribution in [3.05, 3.63) is 30.0 Å². The molecular formula is C10H11N5. The molecular weight excluding hydrogens is 190 g/mol. The molecule has 1 aliphatic rings. The second-order valence-electron chi connectivity index (χ2n) is 3.43. The van der Waals surface area contributed by atoms with Crippen molar-refractivity contribution in [2.24, 2.45) is 0 Å². The Balaban J connectivity index is 2.20. The Bertz CT molecular complexity index is 502. The van der Waals surface area contributed by atoms with E-state index in [1.807, 2.05) is 16.8 Å². The first-order chi connectivity index (χ1) is 7.38. The third kappa shape index (κ3) is 1.20. The molecule has 2 aromatic heterocycles. The molecule has 5 nitrogen and oxygen atoms in total. The molecule has 0 amide bonds. The maximum atomic E-state index is 4.44. The Morgan fingerprint density at radius 2 is 2.47 bits per heavy atom. The average Bonchev–Trinajstić information content (AvgIpc) is 2.72. The topological polar surface area (TPSA) is 55.6 Å². The number of pyridine rings is 1. The molecule has 0 aromatic carbocycles. The molecule has 15 heavy (non-hydrogen) atoms. The van der Waals surface area contributed by atoms with E-state index in [-0.39, 0.29) is 0 Å². The minimum Gasteiger partial charge on any atom is -0.361 e. The van der Waals surface area contributed by atoms with E-state index in [1.54, 1.807) is 6.20 Å². The molecule has 0 aliphatic carbocycles. The van der Waals surface area contributed by atoms with Gasteiger partial charge in [-0.3, -0.25) is 0 Å². The third-order valence-electron chi connectivity index (χ3n) is 2.46. The SMILES string of the molecule is CCc1nc2n(n1)-c1cccnc1NC2. The summed E-state index contributed by atoms with van der Waals surface area (Å²) in [7, 11) is 0. The number of nitrogens with zero attached hydrogens (tertiary/aromatic N) is 4. The van der Waals surface area contributed by atoms with Gasteiger partial charge in [-0.1, -0.05) is 6.92 Å². The third-order valence-corrected chi connectivity index (χ3v) is 2.46. The molecule has 0 saturated carbocycles. The van der Waals surface area contributed by atoms with Crippen molar-refractivity contribution in [3.63, 3.8) is 0 Å². The van der Waals surface area contributed by atoms with Gasteiger partial charge in [0, 0.05) is 12.6 Å². The van der Waals surface area contributed by atoms with Crippen LogP contribution in [0.2, 0.25) is 0 Å². The molecule has 0 atom stereocenters. The van der Waals surface area contributed by atoms with Crippen LogP contribution in [-0.4, -0.2) is 19.7 Å². The smallest absolute Gasteiger partial charge is 0.152 e. The van der Waals surface area contributed by atoms with Gasteiger partial charge in [0.25, 0.3) is 0 Å². The molecule has 0 saturated heterocycles. The zero-order valence-corrected chi connectivity index (χ0v) is 8.44. The molecule has 76 valence electrons. The summed E-state index contributed by atoms with van der Waals surface area (Å²) in [5.74, 6) is 2.70. The van der Waals surface area contributed by atoms with Crippen LogP contribution in [0.25, 0.3) is 5.69 Å². The highest BCUT2D eigenvalue weighted by molar-refractivity contribution is 5.57. The van der Waals surface area contributed by atoms with Crippen LogP contribution >= 0.6 is 0 Å². The Labute approximate surface area is 87.2 Å². The van der Waals surface area contributed by atoms with E-state index in [0.717, 1.165) is 29.6 Å². The molecule has 0 bridgehead atoms. The second kappa shape index (κ2) is 3.05. The number of fused-ring (bicyclic) bond motifs is 3. The first-order valence-corrected chi connectivity index (χ1v) is 5.02. The number of hydrogen-bond donors (Lipinski definition) is 1. The van der Waals surface area contributed by atoms with Crippen molar-refractivity contribution in [3.8, 4) is 5.69 Å². The first kappa shape index (κ1) is 8.40. The van der Waals surface area contributed by atoms with E-state index < -0.39 is 0 Å². The minimum atomic E-state index is 0.691. The Hall–Kier alpha value is -1.91. The fourth-order valence-corrected chi connectivity index (χ4v) is 1.72. The van der Waals surface area contributed by atoms with E-state index in [4.69, 9.17) is 0 Å². The highest BCUT2D eigenvalue weighted by Crippen LogP contribution is 2.22. The van der Waals surface area contributed by atoms with Crippen LogP contribution in [0.15, 0.2) is 18.3 Å². The lowest BCUT2D eigenvalue weighted by Crippen LogP contribution is -2.17. The van der Waals surface area contributed by atoms with Crippen LogP contribution in [0.3, 0.4) is 0 Å². The summed E-state index contributed by atoms with van der Waals surface area (Å²) < 4.78 is 1.87. The molecule has 5 heteroatoms. The molecule has 0 unspecified atom stereocenters. The second-order valence-corrected chi connectivity index (χ2v) is 3.43. The van der Waals surface area contributed by atoms with Gasteiger partial charge in [0.1, 0.15) is 5.69 Å². The number of aromatic nitrogens is 4. The van der Waals surface area contributed by atoms with Gasteiger partial charge in [0.15, 0.2) is 17.5 Å². The van der Waals surface area contributed by atoms with Gasteiger partial charge in [-0.15, -0.1) is 0 Å². The van der Waals surface area contributed by atoms with E-state index in [9.17, 15) is 0 Å². The van der Waals surface area contributed by atoms with Crippen LogP contribution in [0.4, 0.5) is 5.82 Å². The van der Waals surface area contributed by atoms with E-state index in [0.29, 0.717) is 6.54 Å². The van der Waals surface area contributed by atoms with E-state index >= 15 is 0 Å². The molecule has 2 aromatic rings. The van der Waals surface area contributed by atoms with E-state index in [1.165, 1.54) is 0 Å². The molecule has 1 aliphatic heterocycles. The zero-order valence-electron chi connectivity index (χ0n) is 8.44. The van der Waals surface area contributed by atoms with Crippen molar-refractivity contribution in [2.75, 3.05) is 5.32 Å². The van der Waals surface area contributed by atoms with E-state index in [2.05, 4.69) is 27.3 Å². The van der Waals surface area contributed by atoms with Crippen molar-refractivity contribution >= 4 is 5.82 Å². The van der Waals surface area contributed by atoms with Crippen LogP contribution in [0.5, 0.6) is 0 Å². The predicted octanol–water partition coefficient (Wildman–Crippen LogP) is 1.15. The summed E-state index contributed by atoms with van der Waals surface area (Å²) in [5.41, 5.74) is 0.978. The maximum Gasteiger partial charge on any atom is 0.152 e. The summed E-state index contributed by atoms with van der Waals surface area (Å²) >= 11 is 0. The quantitative estimate of drug-likeness (QED) is 0.752. The van der Waals surface area contributed by atoms with Gasteiger partial charge in [-0.05, 0) is 12.1 Å². The van der Waals surface area contributed by atoms with Crippen LogP contribution in [0, 0.1) is 0 Å². The first-order valence-electron chi connectivity index (χ1n) is 5.02. The number of nitrogens with one attached hydrogen (secondary N) is 1. The molecule has 3 heterocycles. The average molecular weight is 201 g/mol. The maximum absolute atomic E-state index is 4.44. The summed E-state index contributed by atoms with van der Waals surface area (Å²) in [6.45, 7) is 2.75. The Kier molecular flexibility index (Phi) is 1.71. The highest BCUT2D eigenvalue weighted by atomic mass is 15.4. The lowest BCUT2D eigenvalue weighted by Gasteiger charge is -2.16. The van der Waals surface area contributed by atoms with Gasteiger partial charge in [-0.2, -0.15) is 5.10 Å². The molecule has 0 fully saturated rings. The number of aryl methyl sites for hydroxylation is 1. The van der Waals surface area contributed by atoms with Crippen molar-refractivity contribution < 1.29 is 0 Å². The standard InChI is InChI=1S/C10H11N5/c1-2-8-13-9-6-12-10-7(15(9)14-8)4-3-5-11-10/h3-5H,2,6H2,1H3,(H,11,12). The largest absolute Gasteiger partial charge is 0.361 e. The summed E-state index contributed by atoms with van der Waals surface area (Å²) in [5, 5.41) is 7.66. The van der Waals surface area contributed by atoms with Gasteiger partial charge in [0.05, 0.1) is 6.54 Å². The van der Waals surface area contributed by atoms with Crippen LogP contribution < -0.4 is 5.32 Å². The van der Waals surface area contributed by atoms with Crippen LogP contribution in [-0.2, 0) is 13.0 Å². The van der Waals surface area contributed by atoms with Crippen molar-refractivity contribution in [2.45, 2.75) is 19.9 Å². The number of rotatable bonds is 1. The molecule has 0 radical (unpaired) electrons. The number of anilines is 1. The Morgan fingerprint density at radius 3 is 3.33 bits per heavy atom. The Morgan fingerprint density at radius 1 is 1.53 bits per heavy atom. The van der Waals surface area contributed by atoms with Gasteiger partial charge in [0.2, 0.25) is 0 Å². The fraction of sp³-hybridized carbons (Fsp3) is 0.300. The lowest BCUT2D eigenvalue weighted by molar-refractivity contribution is 0.767. The zero-order chi connectivity index (χ0) is 10.3. The summed E-state index contributed by atoms with van der Waals surface area (Å²) in [6, 6.07) is 3.90. The predicted molar refractivity (Wildman–Crippen MR) is 55.9 cm³/mol. The molecule has 1 N–H and O–H groups in total. The summed E-state index contributed by atoms with van der Waals surface area (Å²) in [4.78, 5) is 8.68. The van der Waals surface area contributed by atoms with Crippen molar-refractivity contribution in [1.82, 2.24) is 19.7 Å². The highest BCUT2D eigenvalue weighted by Gasteiger charge is 2.18. The van der Waals surface area contributed by atoms with Gasteiger partial charge < -0.3 is 5.32 Å². The van der Waals surface area contributed by atoms with Crippen LogP contribution in [0.1, 0.15) is 18.6 Å². The minimum absolute atomic E-state index is 0.691. The fourth-order valence-electron chi connectivity index (χ4n) is 1.72. The monoisotopic (exact) mass is 201 g/mol.